The maximum atomic E-state index is 12.6. The molecule has 0 atom stereocenters. The third-order valence-corrected chi connectivity index (χ3v) is 5.89. The number of carbonyl (C=O) groups is 1. The molecule has 0 bridgehead atoms. The number of esters is 1. The summed E-state index contributed by atoms with van der Waals surface area (Å²) in [7, 11) is 0. The lowest BCUT2D eigenvalue weighted by atomic mass is 10.1. The van der Waals surface area contributed by atoms with Gasteiger partial charge in [0, 0.05) is 16.7 Å². The number of thiazole rings is 1. The molecule has 3 N–H and O–H groups in total. The number of rotatable bonds is 8. The lowest BCUT2D eigenvalue weighted by molar-refractivity contribution is 0.0532. The molecule has 0 aliphatic carbocycles. The van der Waals surface area contributed by atoms with Crippen LogP contribution in [0.15, 0.2) is 72.8 Å². The standard InChI is InChI=1S/C25H22ClN3O3S/c1-2-31-24(30)23-22(17-9-6-10-18(26)13-17)29-25(33-23)28-21-14-19(11-12-20(21)27)32-15-16-7-4-3-5-8-16/h3-14H,2,15,27H2,1H3,(H,28,29). The fraction of sp³-hybridized carbons (Fsp3) is 0.120. The van der Waals surface area contributed by atoms with Gasteiger partial charge in [0.05, 0.1) is 23.7 Å². The smallest absolute Gasteiger partial charge is 0.350 e. The normalized spacial score (nSPS) is 10.6. The molecular formula is C25H22ClN3O3S. The molecule has 3 aromatic carbocycles. The molecule has 0 aliphatic heterocycles. The van der Waals surface area contributed by atoms with E-state index in [9.17, 15) is 4.79 Å². The average Bonchev–Trinajstić information content (AvgIpc) is 3.24. The Morgan fingerprint density at radius 3 is 2.67 bits per heavy atom. The first kappa shape index (κ1) is 22.6. The van der Waals surface area contributed by atoms with Gasteiger partial charge < -0.3 is 20.5 Å². The molecule has 4 rings (SSSR count). The van der Waals surface area contributed by atoms with E-state index in [0.717, 1.165) is 11.1 Å². The second-order valence-electron chi connectivity index (χ2n) is 7.08. The summed E-state index contributed by atoms with van der Waals surface area (Å²) in [5, 5.41) is 4.27. The molecule has 0 fully saturated rings. The summed E-state index contributed by atoms with van der Waals surface area (Å²) in [6, 6.07) is 22.5. The second kappa shape index (κ2) is 10.4. The van der Waals surface area contributed by atoms with Crippen molar-refractivity contribution in [3.63, 3.8) is 0 Å². The molecule has 0 saturated heterocycles. The van der Waals surface area contributed by atoms with E-state index < -0.39 is 5.97 Å². The zero-order chi connectivity index (χ0) is 23.2. The molecule has 6 nitrogen and oxygen atoms in total. The zero-order valence-corrected chi connectivity index (χ0v) is 19.5. The first-order chi connectivity index (χ1) is 16.0. The molecule has 0 saturated carbocycles. The van der Waals surface area contributed by atoms with Crippen LogP contribution in [-0.2, 0) is 11.3 Å². The van der Waals surface area contributed by atoms with Crippen molar-refractivity contribution in [3.05, 3.63) is 88.3 Å². The van der Waals surface area contributed by atoms with E-state index in [1.807, 2.05) is 54.6 Å². The predicted molar refractivity (Wildman–Crippen MR) is 133 cm³/mol. The number of hydrogen-bond acceptors (Lipinski definition) is 7. The van der Waals surface area contributed by atoms with Gasteiger partial charge in [-0.2, -0.15) is 0 Å². The molecule has 33 heavy (non-hydrogen) atoms. The summed E-state index contributed by atoms with van der Waals surface area (Å²) in [5.74, 6) is 0.221. The topological polar surface area (TPSA) is 86.5 Å². The lowest BCUT2D eigenvalue weighted by Crippen LogP contribution is -2.03. The van der Waals surface area contributed by atoms with Gasteiger partial charge in [-0.3, -0.25) is 0 Å². The number of anilines is 3. The highest BCUT2D eigenvalue weighted by Gasteiger charge is 2.21. The number of carbonyl (C=O) groups excluding carboxylic acids is 1. The van der Waals surface area contributed by atoms with Crippen LogP contribution in [0.25, 0.3) is 11.3 Å². The first-order valence-electron chi connectivity index (χ1n) is 10.3. The second-order valence-corrected chi connectivity index (χ2v) is 8.51. The van der Waals surface area contributed by atoms with Gasteiger partial charge in [0.2, 0.25) is 0 Å². The van der Waals surface area contributed by atoms with Gasteiger partial charge in [-0.05, 0) is 36.8 Å². The molecule has 4 aromatic rings. The highest BCUT2D eigenvalue weighted by molar-refractivity contribution is 7.18. The zero-order valence-electron chi connectivity index (χ0n) is 17.9. The van der Waals surface area contributed by atoms with Gasteiger partial charge in [0.25, 0.3) is 0 Å². The average molecular weight is 480 g/mol. The van der Waals surface area contributed by atoms with Gasteiger partial charge in [0.15, 0.2) is 5.13 Å². The Bertz CT molecular complexity index is 1260. The number of nitrogens with two attached hydrogens (primary N) is 1. The summed E-state index contributed by atoms with van der Waals surface area (Å²) in [6.07, 6.45) is 0. The van der Waals surface area contributed by atoms with Crippen molar-refractivity contribution in [1.29, 1.82) is 0 Å². The van der Waals surface area contributed by atoms with Gasteiger partial charge in [-0.25, -0.2) is 9.78 Å². The molecule has 1 aromatic heterocycles. The summed E-state index contributed by atoms with van der Waals surface area (Å²) in [5.41, 5.74) is 9.62. The highest BCUT2D eigenvalue weighted by Crippen LogP contribution is 2.36. The number of benzene rings is 3. The van der Waals surface area contributed by atoms with E-state index in [-0.39, 0.29) is 6.61 Å². The van der Waals surface area contributed by atoms with Crippen LogP contribution in [0.2, 0.25) is 5.02 Å². The summed E-state index contributed by atoms with van der Waals surface area (Å²) >= 11 is 7.34. The Labute approximate surface area is 201 Å². The van der Waals surface area contributed by atoms with Crippen LogP contribution in [0.4, 0.5) is 16.5 Å². The molecule has 8 heteroatoms. The fourth-order valence-corrected chi connectivity index (χ4v) is 4.21. The fourth-order valence-electron chi connectivity index (χ4n) is 3.13. The summed E-state index contributed by atoms with van der Waals surface area (Å²) in [6.45, 7) is 2.47. The summed E-state index contributed by atoms with van der Waals surface area (Å²) in [4.78, 5) is 17.6. The third kappa shape index (κ3) is 5.63. The van der Waals surface area contributed by atoms with E-state index in [2.05, 4.69) is 10.3 Å². The highest BCUT2D eigenvalue weighted by atomic mass is 35.5. The van der Waals surface area contributed by atoms with Crippen molar-refractivity contribution in [2.24, 2.45) is 0 Å². The van der Waals surface area contributed by atoms with E-state index in [4.69, 9.17) is 26.8 Å². The first-order valence-corrected chi connectivity index (χ1v) is 11.5. The van der Waals surface area contributed by atoms with Crippen molar-refractivity contribution in [1.82, 2.24) is 4.98 Å². The van der Waals surface area contributed by atoms with Crippen molar-refractivity contribution in [2.45, 2.75) is 13.5 Å². The molecular weight excluding hydrogens is 458 g/mol. The SMILES string of the molecule is CCOC(=O)c1sc(Nc2cc(OCc3ccccc3)ccc2N)nc1-c1cccc(Cl)c1. The van der Waals surface area contributed by atoms with E-state index in [0.29, 0.717) is 44.5 Å². The molecule has 0 radical (unpaired) electrons. The van der Waals surface area contributed by atoms with Gasteiger partial charge in [0.1, 0.15) is 17.2 Å². The number of nitrogen functional groups attached to an aromatic ring is 1. The van der Waals surface area contributed by atoms with Gasteiger partial charge in [-0.15, -0.1) is 0 Å². The minimum absolute atomic E-state index is 0.266. The van der Waals surface area contributed by atoms with Crippen LogP contribution in [0.5, 0.6) is 5.75 Å². The quantitative estimate of drug-likeness (QED) is 0.220. The molecule has 0 aliphatic rings. The minimum Gasteiger partial charge on any atom is -0.489 e. The Hall–Kier alpha value is -3.55. The minimum atomic E-state index is -0.439. The summed E-state index contributed by atoms with van der Waals surface area (Å²) < 4.78 is 11.1. The van der Waals surface area contributed by atoms with Crippen molar-refractivity contribution < 1.29 is 14.3 Å². The molecule has 1 heterocycles. The lowest BCUT2D eigenvalue weighted by Gasteiger charge is -2.11. The Morgan fingerprint density at radius 2 is 1.91 bits per heavy atom. The van der Waals surface area contributed by atoms with E-state index in [1.165, 1.54) is 11.3 Å². The third-order valence-electron chi connectivity index (χ3n) is 4.70. The van der Waals surface area contributed by atoms with Gasteiger partial charge in [-0.1, -0.05) is 65.4 Å². The van der Waals surface area contributed by atoms with E-state index >= 15 is 0 Å². The number of ether oxygens (including phenoxy) is 2. The van der Waals surface area contributed by atoms with Crippen LogP contribution in [0.1, 0.15) is 22.2 Å². The number of aromatic nitrogens is 1. The Balaban J connectivity index is 1.60. The van der Waals surface area contributed by atoms with Crippen LogP contribution < -0.4 is 15.8 Å². The van der Waals surface area contributed by atoms with Gasteiger partial charge >= 0.3 is 5.97 Å². The molecule has 0 spiro atoms. The van der Waals surface area contributed by atoms with Crippen molar-refractivity contribution in [2.75, 3.05) is 17.7 Å². The number of nitrogens with zero attached hydrogens (tertiary/aromatic N) is 1. The Morgan fingerprint density at radius 1 is 1.09 bits per heavy atom. The van der Waals surface area contributed by atoms with Crippen molar-refractivity contribution >= 4 is 45.4 Å². The van der Waals surface area contributed by atoms with Crippen LogP contribution in [-0.4, -0.2) is 17.6 Å². The maximum absolute atomic E-state index is 12.6. The monoisotopic (exact) mass is 479 g/mol. The van der Waals surface area contributed by atoms with Crippen LogP contribution in [0.3, 0.4) is 0 Å². The maximum Gasteiger partial charge on any atom is 0.350 e. The Kier molecular flexibility index (Phi) is 7.12. The molecule has 0 unspecified atom stereocenters. The largest absolute Gasteiger partial charge is 0.489 e. The van der Waals surface area contributed by atoms with E-state index in [1.54, 1.807) is 25.1 Å². The predicted octanol–water partition coefficient (Wildman–Crippen LogP) is 6.55. The van der Waals surface area contributed by atoms with Crippen LogP contribution >= 0.6 is 22.9 Å². The number of nitrogens with one attached hydrogen (secondary N) is 1. The van der Waals surface area contributed by atoms with Crippen LogP contribution in [0, 0.1) is 0 Å². The molecule has 168 valence electrons. The van der Waals surface area contributed by atoms with Crippen molar-refractivity contribution in [3.8, 4) is 17.0 Å². The molecule has 0 amide bonds. The number of halogens is 1. The number of hydrogen-bond donors (Lipinski definition) is 2.